The number of nitrogens with one attached hydrogen (secondary N) is 2. The van der Waals surface area contributed by atoms with Gasteiger partial charge in [-0.15, -0.1) is 0 Å². The first-order chi connectivity index (χ1) is 6.38. The molecule has 0 aromatic carbocycles. The highest BCUT2D eigenvalue weighted by Gasteiger charge is 2.25. The van der Waals surface area contributed by atoms with E-state index < -0.39 is 0 Å². The fourth-order valence-corrected chi connectivity index (χ4v) is 1.46. The summed E-state index contributed by atoms with van der Waals surface area (Å²) in [6, 6.07) is 0. The van der Waals surface area contributed by atoms with Crippen molar-refractivity contribution in [2.45, 2.75) is 6.42 Å². The van der Waals surface area contributed by atoms with Gasteiger partial charge in [-0.2, -0.15) is 0 Å². The number of hydrogen-bond donors (Lipinski definition) is 2. The minimum absolute atomic E-state index is 0.0725. The molecule has 2 rings (SSSR count). The molecule has 1 unspecified atom stereocenters. The van der Waals surface area contributed by atoms with Crippen molar-refractivity contribution >= 4 is 12.1 Å². The Labute approximate surface area is 76.4 Å². The number of rotatable bonds is 0. The van der Waals surface area contributed by atoms with Crippen molar-refractivity contribution in [3.63, 3.8) is 0 Å². The Morgan fingerprint density at radius 2 is 2.38 bits per heavy atom. The molecule has 0 saturated carbocycles. The Morgan fingerprint density at radius 1 is 1.46 bits per heavy atom. The summed E-state index contributed by atoms with van der Waals surface area (Å²) in [5.74, 6) is 0.0155. The maximum Gasteiger partial charge on any atom is 0.230 e. The van der Waals surface area contributed by atoms with Crippen molar-refractivity contribution < 1.29 is 4.79 Å². The third-order valence-electron chi connectivity index (χ3n) is 2.15. The number of allylic oxidation sites excluding steroid dienone is 2. The average molecular weight is 177 g/mol. The van der Waals surface area contributed by atoms with Gasteiger partial charge in [-0.05, 0) is 12.5 Å². The van der Waals surface area contributed by atoms with Crippen molar-refractivity contribution in [3.8, 4) is 0 Å². The smallest absolute Gasteiger partial charge is 0.230 e. The third-order valence-corrected chi connectivity index (χ3v) is 2.15. The van der Waals surface area contributed by atoms with Gasteiger partial charge in [0, 0.05) is 18.1 Å². The quantitative estimate of drug-likeness (QED) is 0.553. The van der Waals surface area contributed by atoms with Crippen molar-refractivity contribution in [2.24, 2.45) is 10.9 Å². The predicted octanol–water partition coefficient (Wildman–Crippen LogP) is 0.152. The van der Waals surface area contributed by atoms with Gasteiger partial charge >= 0.3 is 0 Å². The standard InChI is InChI=1S/C9H11N3O/c13-9-7-2-1-4-10-5-3-8(7)11-6-12-9/h1,3-5,7,11H,2,6H2,(H,12,13)/b4-1-,8-3+,10-5-. The number of carbonyl (C=O) groups excluding carboxylic acids is 1. The van der Waals surface area contributed by atoms with Crippen LogP contribution in [0.5, 0.6) is 0 Å². The number of carbonyl (C=O) groups is 1. The molecule has 2 aliphatic heterocycles. The van der Waals surface area contributed by atoms with E-state index in [0.717, 1.165) is 5.70 Å². The number of amides is 1. The highest BCUT2D eigenvalue weighted by atomic mass is 16.2. The van der Waals surface area contributed by atoms with Gasteiger partial charge in [0.15, 0.2) is 0 Å². The largest absolute Gasteiger partial charge is 0.370 e. The van der Waals surface area contributed by atoms with Crippen LogP contribution in [0.15, 0.2) is 29.0 Å². The molecule has 0 spiro atoms. The monoisotopic (exact) mass is 177 g/mol. The lowest BCUT2D eigenvalue weighted by Gasteiger charge is -2.26. The van der Waals surface area contributed by atoms with Gasteiger partial charge in [0.25, 0.3) is 0 Å². The van der Waals surface area contributed by atoms with Gasteiger partial charge in [-0.1, -0.05) is 6.08 Å². The first-order valence-electron chi connectivity index (χ1n) is 4.28. The summed E-state index contributed by atoms with van der Waals surface area (Å²) in [5.41, 5.74) is 0.955. The van der Waals surface area contributed by atoms with Crippen LogP contribution in [0.4, 0.5) is 0 Å². The SMILES string of the molecule is O=C1NCN/C2=C/C=N\C=C/CC12. The van der Waals surface area contributed by atoms with E-state index in [1.165, 1.54) is 0 Å². The minimum atomic E-state index is -0.0725. The predicted molar refractivity (Wildman–Crippen MR) is 50.0 cm³/mol. The molecule has 0 radical (unpaired) electrons. The van der Waals surface area contributed by atoms with E-state index in [1.807, 2.05) is 12.2 Å². The van der Waals surface area contributed by atoms with Crippen LogP contribution in [0.25, 0.3) is 0 Å². The van der Waals surface area contributed by atoms with E-state index in [-0.39, 0.29) is 11.8 Å². The fourth-order valence-electron chi connectivity index (χ4n) is 1.46. The van der Waals surface area contributed by atoms with Gasteiger partial charge in [0.1, 0.15) is 0 Å². The Kier molecular flexibility index (Phi) is 2.12. The molecule has 0 aromatic rings. The summed E-state index contributed by atoms with van der Waals surface area (Å²) in [5, 5.41) is 5.88. The first kappa shape index (κ1) is 8.04. The highest BCUT2D eigenvalue weighted by Crippen LogP contribution is 2.17. The number of fused-ring (bicyclic) bond motifs is 1. The van der Waals surface area contributed by atoms with E-state index in [1.54, 1.807) is 12.4 Å². The zero-order chi connectivity index (χ0) is 9.10. The van der Waals surface area contributed by atoms with Gasteiger partial charge in [0.05, 0.1) is 12.6 Å². The van der Waals surface area contributed by atoms with E-state index in [0.29, 0.717) is 13.1 Å². The van der Waals surface area contributed by atoms with Crippen LogP contribution >= 0.6 is 0 Å². The van der Waals surface area contributed by atoms with Gasteiger partial charge in [-0.25, -0.2) is 0 Å². The van der Waals surface area contributed by atoms with Gasteiger partial charge in [-0.3, -0.25) is 9.79 Å². The Morgan fingerprint density at radius 3 is 3.31 bits per heavy atom. The molecule has 2 heterocycles. The first-order valence-corrected chi connectivity index (χ1v) is 4.28. The molecule has 4 heteroatoms. The lowest BCUT2D eigenvalue weighted by Crippen LogP contribution is -2.46. The number of hydrogen-bond acceptors (Lipinski definition) is 3. The molecule has 4 nitrogen and oxygen atoms in total. The second kappa shape index (κ2) is 3.43. The van der Waals surface area contributed by atoms with E-state index >= 15 is 0 Å². The number of aliphatic imine (C=N–C) groups is 1. The molecule has 1 amide bonds. The molecule has 1 saturated heterocycles. The van der Waals surface area contributed by atoms with Crippen LogP contribution in [0, 0.1) is 5.92 Å². The summed E-state index contributed by atoms with van der Waals surface area (Å²) in [6.45, 7) is 0.513. The van der Waals surface area contributed by atoms with Crippen molar-refractivity contribution in [1.82, 2.24) is 10.6 Å². The fraction of sp³-hybridized carbons (Fsp3) is 0.333. The van der Waals surface area contributed by atoms with E-state index in [9.17, 15) is 4.79 Å². The lowest BCUT2D eigenvalue weighted by atomic mass is 9.98. The van der Waals surface area contributed by atoms with Crippen molar-refractivity contribution in [2.75, 3.05) is 6.67 Å². The van der Waals surface area contributed by atoms with Crippen LogP contribution in [0.1, 0.15) is 6.42 Å². The lowest BCUT2D eigenvalue weighted by molar-refractivity contribution is -0.125. The maximum atomic E-state index is 11.4. The minimum Gasteiger partial charge on any atom is -0.370 e. The second-order valence-corrected chi connectivity index (χ2v) is 2.99. The summed E-state index contributed by atoms with van der Waals surface area (Å²) in [6.07, 6.45) is 7.88. The maximum absolute atomic E-state index is 11.4. The molecule has 1 atom stereocenters. The summed E-state index contributed by atoms with van der Waals surface area (Å²) < 4.78 is 0. The molecule has 0 bridgehead atoms. The van der Waals surface area contributed by atoms with Crippen molar-refractivity contribution in [1.29, 1.82) is 0 Å². The van der Waals surface area contributed by atoms with Crippen LogP contribution in [-0.4, -0.2) is 18.8 Å². The van der Waals surface area contributed by atoms with Gasteiger partial charge < -0.3 is 10.6 Å². The molecule has 0 aliphatic carbocycles. The van der Waals surface area contributed by atoms with Crippen LogP contribution in [-0.2, 0) is 4.79 Å². The third kappa shape index (κ3) is 1.61. The molecule has 1 fully saturated rings. The molecule has 0 aromatic heterocycles. The highest BCUT2D eigenvalue weighted by molar-refractivity contribution is 5.85. The molecular formula is C9H11N3O. The zero-order valence-electron chi connectivity index (χ0n) is 7.16. The zero-order valence-corrected chi connectivity index (χ0v) is 7.16. The van der Waals surface area contributed by atoms with Crippen molar-refractivity contribution in [3.05, 3.63) is 24.0 Å². The topological polar surface area (TPSA) is 53.5 Å². The molecule has 2 N–H and O–H groups in total. The summed E-state index contributed by atoms with van der Waals surface area (Å²) in [4.78, 5) is 15.4. The second-order valence-electron chi connectivity index (χ2n) is 2.99. The van der Waals surface area contributed by atoms with E-state index in [4.69, 9.17) is 0 Å². The summed E-state index contributed by atoms with van der Waals surface area (Å²) >= 11 is 0. The Balaban J connectivity index is 2.26. The molecule has 13 heavy (non-hydrogen) atoms. The normalized spacial score (nSPS) is 35.2. The van der Waals surface area contributed by atoms with Crippen LogP contribution in [0.3, 0.4) is 0 Å². The molecule has 68 valence electrons. The number of nitrogens with zero attached hydrogens (tertiary/aromatic N) is 1. The van der Waals surface area contributed by atoms with Crippen LogP contribution < -0.4 is 10.6 Å². The Hall–Kier alpha value is -1.58. The molecular weight excluding hydrogens is 166 g/mol. The summed E-state index contributed by atoms with van der Waals surface area (Å²) in [7, 11) is 0. The Bertz CT molecular complexity index is 304. The van der Waals surface area contributed by atoms with Gasteiger partial charge in [0.2, 0.25) is 5.91 Å². The van der Waals surface area contributed by atoms with E-state index in [2.05, 4.69) is 15.6 Å². The average Bonchev–Trinajstić information content (AvgIpc) is 2.07. The van der Waals surface area contributed by atoms with Crippen LogP contribution in [0.2, 0.25) is 0 Å². The molecule has 2 aliphatic rings.